The molecule has 1 fully saturated rings. The van der Waals surface area contributed by atoms with Crippen molar-refractivity contribution in [2.24, 2.45) is 5.41 Å². The number of rotatable bonds is 2. The van der Waals surface area contributed by atoms with E-state index < -0.39 is 0 Å². The highest BCUT2D eigenvalue weighted by Gasteiger charge is 2.38. The predicted octanol–water partition coefficient (Wildman–Crippen LogP) is 1.49. The predicted molar refractivity (Wildman–Crippen MR) is 51.1 cm³/mol. The molecule has 1 saturated heterocycles. The molecule has 1 aliphatic rings. The minimum atomic E-state index is 0.174. The van der Waals surface area contributed by atoms with Crippen LogP contribution in [0.25, 0.3) is 0 Å². The van der Waals surface area contributed by atoms with Gasteiger partial charge in [0, 0.05) is 11.5 Å². The maximum absolute atomic E-state index is 9.40. The summed E-state index contributed by atoms with van der Waals surface area (Å²) in [7, 11) is 2.16. The Labute approximate surface area is 75.6 Å². The Morgan fingerprint density at radius 1 is 1.58 bits per heavy atom. The van der Waals surface area contributed by atoms with E-state index in [1.54, 1.807) is 0 Å². The molecule has 0 aromatic heterocycles. The summed E-state index contributed by atoms with van der Waals surface area (Å²) in [6.07, 6.45) is 3.51. The average molecular weight is 171 g/mol. The molecule has 0 radical (unpaired) electrons. The highest BCUT2D eigenvalue weighted by molar-refractivity contribution is 4.91. The fourth-order valence-corrected chi connectivity index (χ4v) is 2.35. The minimum absolute atomic E-state index is 0.174. The Morgan fingerprint density at radius 2 is 2.25 bits per heavy atom. The van der Waals surface area contributed by atoms with Crippen LogP contribution in [0.3, 0.4) is 0 Å². The molecular formula is C10H21NO. The number of aliphatic hydroxyl groups is 1. The van der Waals surface area contributed by atoms with Gasteiger partial charge in [-0.05, 0) is 39.8 Å². The number of hydrogen-bond donors (Lipinski definition) is 1. The van der Waals surface area contributed by atoms with E-state index in [-0.39, 0.29) is 5.41 Å². The summed E-state index contributed by atoms with van der Waals surface area (Å²) in [6.45, 7) is 5.95. The molecule has 0 aromatic rings. The molecular weight excluding hydrogens is 150 g/mol. The standard InChI is InChI=1S/C10H21NO/c1-4-10(8-12)6-5-7-11(3)9(10)2/h9,12H,4-8H2,1-3H3. The summed E-state index contributed by atoms with van der Waals surface area (Å²) >= 11 is 0. The Hall–Kier alpha value is -0.0800. The fraction of sp³-hybridized carbons (Fsp3) is 1.00. The number of likely N-dealkylation sites (tertiary alicyclic amines) is 1. The summed E-state index contributed by atoms with van der Waals surface area (Å²) in [6, 6.07) is 0.529. The lowest BCUT2D eigenvalue weighted by Gasteiger charge is -2.46. The van der Waals surface area contributed by atoms with Gasteiger partial charge in [0.05, 0.1) is 6.61 Å². The number of hydrogen-bond acceptors (Lipinski definition) is 2. The molecule has 1 aliphatic heterocycles. The van der Waals surface area contributed by atoms with Crippen molar-refractivity contribution in [3.05, 3.63) is 0 Å². The zero-order valence-electron chi connectivity index (χ0n) is 8.51. The van der Waals surface area contributed by atoms with Crippen molar-refractivity contribution in [3.8, 4) is 0 Å². The zero-order valence-corrected chi connectivity index (χ0v) is 8.51. The van der Waals surface area contributed by atoms with Crippen LogP contribution in [-0.4, -0.2) is 36.2 Å². The molecule has 2 unspecified atom stereocenters. The van der Waals surface area contributed by atoms with E-state index in [0.29, 0.717) is 12.6 Å². The van der Waals surface area contributed by atoms with E-state index in [9.17, 15) is 5.11 Å². The average Bonchev–Trinajstić information content (AvgIpc) is 2.11. The molecule has 0 amide bonds. The minimum Gasteiger partial charge on any atom is -0.396 e. The Balaban J connectivity index is 2.71. The highest BCUT2D eigenvalue weighted by atomic mass is 16.3. The first-order valence-corrected chi connectivity index (χ1v) is 4.97. The molecule has 1 heterocycles. The first-order chi connectivity index (χ1) is 5.66. The fourth-order valence-electron chi connectivity index (χ4n) is 2.35. The molecule has 2 nitrogen and oxygen atoms in total. The maximum atomic E-state index is 9.40. The van der Waals surface area contributed by atoms with Gasteiger partial charge in [0.1, 0.15) is 0 Å². The zero-order chi connectivity index (χ0) is 9.19. The summed E-state index contributed by atoms with van der Waals surface area (Å²) in [5.74, 6) is 0. The van der Waals surface area contributed by atoms with Gasteiger partial charge in [0.25, 0.3) is 0 Å². The molecule has 0 aliphatic carbocycles. The van der Waals surface area contributed by atoms with Crippen molar-refractivity contribution in [2.45, 2.75) is 39.2 Å². The molecule has 0 bridgehead atoms. The van der Waals surface area contributed by atoms with Gasteiger partial charge < -0.3 is 10.0 Å². The van der Waals surface area contributed by atoms with Crippen LogP contribution in [0, 0.1) is 5.41 Å². The van der Waals surface area contributed by atoms with Crippen molar-refractivity contribution in [1.29, 1.82) is 0 Å². The second kappa shape index (κ2) is 3.75. The largest absolute Gasteiger partial charge is 0.396 e. The van der Waals surface area contributed by atoms with E-state index in [1.165, 1.54) is 19.4 Å². The van der Waals surface area contributed by atoms with Gasteiger partial charge in [-0.15, -0.1) is 0 Å². The van der Waals surface area contributed by atoms with Crippen LogP contribution >= 0.6 is 0 Å². The van der Waals surface area contributed by atoms with E-state index in [2.05, 4.69) is 25.8 Å². The van der Waals surface area contributed by atoms with E-state index in [1.807, 2.05) is 0 Å². The van der Waals surface area contributed by atoms with Gasteiger partial charge in [0.2, 0.25) is 0 Å². The molecule has 72 valence electrons. The monoisotopic (exact) mass is 171 g/mol. The molecule has 0 aromatic carbocycles. The molecule has 12 heavy (non-hydrogen) atoms. The number of piperidine rings is 1. The third-order valence-corrected chi connectivity index (χ3v) is 3.75. The third kappa shape index (κ3) is 1.50. The van der Waals surface area contributed by atoms with Gasteiger partial charge in [-0.25, -0.2) is 0 Å². The van der Waals surface area contributed by atoms with Crippen LogP contribution in [0.15, 0.2) is 0 Å². The normalized spacial score (nSPS) is 38.5. The van der Waals surface area contributed by atoms with Gasteiger partial charge in [-0.2, -0.15) is 0 Å². The Morgan fingerprint density at radius 3 is 2.67 bits per heavy atom. The van der Waals surface area contributed by atoms with Crippen molar-refractivity contribution in [3.63, 3.8) is 0 Å². The second-order valence-electron chi connectivity index (χ2n) is 4.13. The maximum Gasteiger partial charge on any atom is 0.0502 e. The van der Waals surface area contributed by atoms with Crippen LogP contribution in [0.5, 0.6) is 0 Å². The Bertz CT molecular complexity index is 143. The third-order valence-electron chi connectivity index (χ3n) is 3.75. The van der Waals surface area contributed by atoms with Crippen molar-refractivity contribution in [1.82, 2.24) is 4.90 Å². The van der Waals surface area contributed by atoms with Crippen LogP contribution < -0.4 is 0 Å². The van der Waals surface area contributed by atoms with Gasteiger partial charge in [0.15, 0.2) is 0 Å². The lowest BCUT2D eigenvalue weighted by molar-refractivity contribution is -0.00867. The smallest absolute Gasteiger partial charge is 0.0502 e. The quantitative estimate of drug-likeness (QED) is 0.680. The van der Waals surface area contributed by atoms with Gasteiger partial charge in [-0.1, -0.05) is 6.92 Å². The molecule has 1 rings (SSSR count). The molecule has 2 heteroatoms. The van der Waals surface area contributed by atoms with E-state index in [0.717, 1.165) is 6.42 Å². The lowest BCUT2D eigenvalue weighted by Crippen LogP contribution is -2.50. The molecule has 1 N–H and O–H groups in total. The summed E-state index contributed by atoms with van der Waals surface area (Å²) in [5, 5.41) is 9.40. The topological polar surface area (TPSA) is 23.5 Å². The molecule has 0 spiro atoms. The van der Waals surface area contributed by atoms with E-state index in [4.69, 9.17) is 0 Å². The Kier molecular flexibility index (Phi) is 3.13. The highest BCUT2D eigenvalue weighted by Crippen LogP contribution is 2.37. The number of aliphatic hydroxyl groups excluding tert-OH is 1. The van der Waals surface area contributed by atoms with Gasteiger partial charge >= 0.3 is 0 Å². The summed E-state index contributed by atoms with van der Waals surface area (Å²) in [4.78, 5) is 2.36. The second-order valence-corrected chi connectivity index (χ2v) is 4.13. The summed E-state index contributed by atoms with van der Waals surface area (Å²) < 4.78 is 0. The molecule has 0 saturated carbocycles. The van der Waals surface area contributed by atoms with Crippen molar-refractivity contribution in [2.75, 3.05) is 20.2 Å². The van der Waals surface area contributed by atoms with Crippen LogP contribution in [0.1, 0.15) is 33.1 Å². The molecule has 2 atom stereocenters. The van der Waals surface area contributed by atoms with Gasteiger partial charge in [-0.3, -0.25) is 0 Å². The SMILES string of the molecule is CCC1(CO)CCCN(C)C1C. The van der Waals surface area contributed by atoms with Crippen LogP contribution in [0.4, 0.5) is 0 Å². The first-order valence-electron chi connectivity index (χ1n) is 4.97. The van der Waals surface area contributed by atoms with Crippen LogP contribution in [-0.2, 0) is 0 Å². The van der Waals surface area contributed by atoms with E-state index >= 15 is 0 Å². The number of nitrogens with zero attached hydrogens (tertiary/aromatic N) is 1. The lowest BCUT2D eigenvalue weighted by atomic mass is 9.72. The first kappa shape index (κ1) is 10.0. The van der Waals surface area contributed by atoms with Crippen LogP contribution in [0.2, 0.25) is 0 Å². The van der Waals surface area contributed by atoms with Crippen molar-refractivity contribution < 1.29 is 5.11 Å². The van der Waals surface area contributed by atoms with Crippen molar-refractivity contribution >= 4 is 0 Å². The summed E-state index contributed by atoms with van der Waals surface area (Å²) in [5.41, 5.74) is 0.174.